The first-order chi connectivity index (χ1) is 9.08. The molecule has 1 N–H and O–H groups in total. The fraction of sp³-hybridized carbons (Fsp3) is 0.133. The summed E-state index contributed by atoms with van der Waals surface area (Å²) in [6.45, 7) is 1.91. The van der Waals surface area contributed by atoms with Crippen LogP contribution in [0.15, 0.2) is 48.5 Å². The molecule has 2 nitrogen and oxygen atoms in total. The van der Waals surface area contributed by atoms with Gasteiger partial charge in [-0.1, -0.05) is 47.5 Å². The van der Waals surface area contributed by atoms with Gasteiger partial charge in [-0.25, -0.2) is 0 Å². The van der Waals surface area contributed by atoms with E-state index in [2.05, 4.69) is 5.32 Å². The summed E-state index contributed by atoms with van der Waals surface area (Å²) in [6, 6.07) is 14.2. The molecule has 2 aromatic rings. The van der Waals surface area contributed by atoms with Gasteiger partial charge in [0.2, 0.25) is 0 Å². The van der Waals surface area contributed by atoms with Crippen LogP contribution in [0.2, 0.25) is 10.0 Å². The molecule has 2 aromatic carbocycles. The first-order valence-electron chi connectivity index (χ1n) is 5.89. The Kier molecular flexibility index (Phi) is 4.46. The third-order valence-corrected chi connectivity index (χ3v) is 3.42. The van der Waals surface area contributed by atoms with Gasteiger partial charge in [0, 0.05) is 5.02 Å². The third kappa shape index (κ3) is 3.49. The van der Waals surface area contributed by atoms with Gasteiger partial charge in [-0.3, -0.25) is 4.79 Å². The maximum Gasteiger partial charge on any atom is 0.253 e. The van der Waals surface area contributed by atoms with Crippen LogP contribution in [-0.4, -0.2) is 5.91 Å². The minimum atomic E-state index is -0.187. The molecule has 1 amide bonds. The summed E-state index contributed by atoms with van der Waals surface area (Å²) in [5.74, 6) is -0.187. The average molecular weight is 294 g/mol. The minimum Gasteiger partial charge on any atom is -0.345 e. The number of benzene rings is 2. The molecule has 0 radical (unpaired) electrons. The second-order valence-corrected chi connectivity index (χ2v) is 5.07. The number of hydrogen-bond acceptors (Lipinski definition) is 1. The molecule has 0 bridgehead atoms. The van der Waals surface area contributed by atoms with Gasteiger partial charge in [0.1, 0.15) is 0 Å². The maximum atomic E-state index is 12.1. The van der Waals surface area contributed by atoms with E-state index in [1.54, 1.807) is 36.4 Å². The van der Waals surface area contributed by atoms with Crippen molar-refractivity contribution >= 4 is 29.1 Å². The third-order valence-electron chi connectivity index (χ3n) is 2.84. The molecule has 0 unspecified atom stereocenters. The average Bonchev–Trinajstić information content (AvgIpc) is 2.39. The number of amides is 1. The van der Waals surface area contributed by atoms with Gasteiger partial charge in [-0.2, -0.15) is 0 Å². The second kappa shape index (κ2) is 6.09. The number of halogens is 2. The fourth-order valence-electron chi connectivity index (χ4n) is 1.75. The van der Waals surface area contributed by atoms with Crippen molar-refractivity contribution in [3.8, 4) is 0 Å². The summed E-state index contributed by atoms with van der Waals surface area (Å²) in [4.78, 5) is 12.1. The van der Waals surface area contributed by atoms with Crippen molar-refractivity contribution in [2.24, 2.45) is 0 Å². The van der Waals surface area contributed by atoms with Gasteiger partial charge < -0.3 is 5.32 Å². The first-order valence-corrected chi connectivity index (χ1v) is 6.64. The molecule has 0 saturated heterocycles. The summed E-state index contributed by atoms with van der Waals surface area (Å²) in [5, 5.41) is 4.03. The van der Waals surface area contributed by atoms with Gasteiger partial charge in [-0.15, -0.1) is 0 Å². The molecular weight excluding hydrogens is 281 g/mol. The largest absolute Gasteiger partial charge is 0.345 e. The van der Waals surface area contributed by atoms with Crippen LogP contribution in [0.5, 0.6) is 0 Å². The standard InChI is InChI=1S/C15H13Cl2NO/c1-10(11-6-8-12(16)9-7-11)18-15(19)13-4-2-3-5-14(13)17/h2-10H,1H3,(H,18,19)/t10-/m0/s1. The van der Waals surface area contributed by atoms with Crippen molar-refractivity contribution in [2.45, 2.75) is 13.0 Å². The zero-order chi connectivity index (χ0) is 13.8. The summed E-state index contributed by atoms with van der Waals surface area (Å²) < 4.78 is 0. The molecule has 98 valence electrons. The van der Waals surface area contributed by atoms with Crippen LogP contribution >= 0.6 is 23.2 Å². The number of carbonyl (C=O) groups is 1. The quantitative estimate of drug-likeness (QED) is 0.888. The molecule has 2 rings (SSSR count). The van der Waals surface area contributed by atoms with E-state index in [1.165, 1.54) is 0 Å². The van der Waals surface area contributed by atoms with Crippen LogP contribution in [0.1, 0.15) is 28.9 Å². The van der Waals surface area contributed by atoms with E-state index in [-0.39, 0.29) is 11.9 Å². The maximum absolute atomic E-state index is 12.1. The topological polar surface area (TPSA) is 29.1 Å². The van der Waals surface area contributed by atoms with Gasteiger partial charge in [0.25, 0.3) is 5.91 Å². The highest BCUT2D eigenvalue weighted by Crippen LogP contribution is 2.19. The Morgan fingerprint density at radius 3 is 2.32 bits per heavy atom. The van der Waals surface area contributed by atoms with E-state index in [1.807, 2.05) is 19.1 Å². The van der Waals surface area contributed by atoms with E-state index < -0.39 is 0 Å². The summed E-state index contributed by atoms with van der Waals surface area (Å²) in [7, 11) is 0. The predicted octanol–water partition coefficient (Wildman–Crippen LogP) is 4.48. The lowest BCUT2D eigenvalue weighted by atomic mass is 10.1. The van der Waals surface area contributed by atoms with Crippen LogP contribution in [0.4, 0.5) is 0 Å². The molecule has 19 heavy (non-hydrogen) atoms. The number of nitrogens with one attached hydrogen (secondary N) is 1. The molecule has 0 spiro atoms. The Morgan fingerprint density at radius 2 is 1.68 bits per heavy atom. The minimum absolute atomic E-state index is 0.110. The van der Waals surface area contributed by atoms with Crippen molar-refractivity contribution in [3.05, 3.63) is 69.7 Å². The van der Waals surface area contributed by atoms with E-state index in [0.717, 1.165) is 5.56 Å². The Morgan fingerprint density at radius 1 is 1.05 bits per heavy atom. The number of rotatable bonds is 3. The second-order valence-electron chi connectivity index (χ2n) is 4.23. The van der Waals surface area contributed by atoms with E-state index in [4.69, 9.17) is 23.2 Å². The summed E-state index contributed by atoms with van der Waals surface area (Å²) in [5.41, 5.74) is 1.47. The monoisotopic (exact) mass is 293 g/mol. The van der Waals surface area contributed by atoms with Crippen LogP contribution in [0.25, 0.3) is 0 Å². The molecule has 0 aliphatic carbocycles. The lowest BCUT2D eigenvalue weighted by Crippen LogP contribution is -2.26. The fourth-order valence-corrected chi connectivity index (χ4v) is 2.10. The highest BCUT2D eigenvalue weighted by Gasteiger charge is 2.13. The molecule has 4 heteroatoms. The summed E-state index contributed by atoms with van der Waals surface area (Å²) in [6.07, 6.45) is 0. The Balaban J connectivity index is 2.11. The van der Waals surface area contributed by atoms with Gasteiger partial charge in [-0.05, 0) is 36.8 Å². The van der Waals surface area contributed by atoms with Gasteiger partial charge in [0.05, 0.1) is 16.6 Å². The Labute approximate surface area is 122 Å². The zero-order valence-corrected chi connectivity index (χ0v) is 11.9. The smallest absolute Gasteiger partial charge is 0.253 e. The normalized spacial score (nSPS) is 11.9. The van der Waals surface area contributed by atoms with Gasteiger partial charge in [0.15, 0.2) is 0 Å². The van der Waals surface area contributed by atoms with E-state index >= 15 is 0 Å². The molecule has 1 atom stereocenters. The molecule has 0 saturated carbocycles. The van der Waals surface area contributed by atoms with Crippen molar-refractivity contribution < 1.29 is 4.79 Å². The molecule has 0 fully saturated rings. The van der Waals surface area contributed by atoms with Gasteiger partial charge >= 0.3 is 0 Å². The SMILES string of the molecule is C[C@H](NC(=O)c1ccccc1Cl)c1ccc(Cl)cc1. The molecule has 0 aliphatic heterocycles. The predicted molar refractivity (Wildman–Crippen MR) is 78.8 cm³/mol. The van der Waals surface area contributed by atoms with Crippen molar-refractivity contribution in [2.75, 3.05) is 0 Å². The summed E-state index contributed by atoms with van der Waals surface area (Å²) >= 11 is 11.8. The number of carbonyl (C=O) groups excluding carboxylic acids is 1. The van der Waals surface area contributed by atoms with Crippen LogP contribution < -0.4 is 5.32 Å². The van der Waals surface area contributed by atoms with Crippen LogP contribution in [-0.2, 0) is 0 Å². The highest BCUT2D eigenvalue weighted by atomic mass is 35.5. The first kappa shape index (κ1) is 13.9. The molecule has 0 aromatic heterocycles. The lowest BCUT2D eigenvalue weighted by Gasteiger charge is -2.15. The highest BCUT2D eigenvalue weighted by molar-refractivity contribution is 6.33. The van der Waals surface area contributed by atoms with Crippen LogP contribution in [0, 0.1) is 0 Å². The number of hydrogen-bond donors (Lipinski definition) is 1. The van der Waals surface area contributed by atoms with E-state index in [0.29, 0.717) is 15.6 Å². The van der Waals surface area contributed by atoms with E-state index in [9.17, 15) is 4.79 Å². The molecule has 0 aliphatic rings. The van der Waals surface area contributed by atoms with Crippen molar-refractivity contribution in [1.29, 1.82) is 0 Å². The van der Waals surface area contributed by atoms with Crippen molar-refractivity contribution in [3.63, 3.8) is 0 Å². The molecular formula is C15H13Cl2NO. The lowest BCUT2D eigenvalue weighted by molar-refractivity contribution is 0.0940. The molecule has 0 heterocycles. The Hall–Kier alpha value is -1.51. The van der Waals surface area contributed by atoms with Crippen LogP contribution in [0.3, 0.4) is 0 Å². The Bertz CT molecular complexity index is 581. The van der Waals surface area contributed by atoms with Crippen molar-refractivity contribution in [1.82, 2.24) is 5.32 Å². The zero-order valence-electron chi connectivity index (χ0n) is 10.4.